The topological polar surface area (TPSA) is 79.8 Å². The molecule has 0 fully saturated rings. The van der Waals surface area contributed by atoms with Crippen molar-refractivity contribution < 1.29 is 13.2 Å². The van der Waals surface area contributed by atoms with Crippen molar-refractivity contribution in [1.29, 1.82) is 0 Å². The Morgan fingerprint density at radius 3 is 2.55 bits per heavy atom. The van der Waals surface area contributed by atoms with Crippen LogP contribution in [-0.4, -0.2) is 38.8 Å². The van der Waals surface area contributed by atoms with E-state index >= 15 is 0 Å². The van der Waals surface area contributed by atoms with E-state index in [-0.39, 0.29) is 23.9 Å². The van der Waals surface area contributed by atoms with E-state index < -0.39 is 9.84 Å². The summed E-state index contributed by atoms with van der Waals surface area (Å²) in [6.45, 7) is 6.98. The van der Waals surface area contributed by atoms with Crippen molar-refractivity contribution >= 4 is 15.8 Å². The van der Waals surface area contributed by atoms with Crippen LogP contribution < -0.4 is 15.4 Å². The molecule has 0 bridgehead atoms. The average molecular weight is 416 g/mol. The van der Waals surface area contributed by atoms with Crippen molar-refractivity contribution in [1.82, 2.24) is 10.6 Å². The van der Waals surface area contributed by atoms with E-state index in [1.165, 1.54) is 0 Å². The molecule has 2 aromatic carbocycles. The predicted molar refractivity (Wildman–Crippen MR) is 116 cm³/mol. The number of fused-ring (bicyclic) bond motifs is 1. The molecule has 0 spiro atoms. The number of ether oxygens (including phenoxy) is 1. The molecule has 0 aromatic heterocycles. The average Bonchev–Trinajstić information content (AvgIpc) is 2.68. The van der Waals surface area contributed by atoms with Crippen LogP contribution in [0.5, 0.6) is 5.75 Å². The van der Waals surface area contributed by atoms with Crippen LogP contribution in [0, 0.1) is 0 Å². The van der Waals surface area contributed by atoms with E-state index in [0.29, 0.717) is 17.4 Å². The molecular weight excluding hydrogens is 386 g/mol. The Hall–Kier alpha value is -2.54. The highest BCUT2D eigenvalue weighted by atomic mass is 32.2. The third-order valence-corrected chi connectivity index (χ3v) is 6.47. The smallest absolute Gasteiger partial charge is 0.191 e. The monoisotopic (exact) mass is 415 g/mol. The lowest BCUT2D eigenvalue weighted by molar-refractivity contribution is 0.0694. The molecule has 1 aliphatic heterocycles. The van der Waals surface area contributed by atoms with Crippen molar-refractivity contribution in [2.24, 2.45) is 4.99 Å². The quantitative estimate of drug-likeness (QED) is 0.559. The molecule has 3 rings (SSSR count). The van der Waals surface area contributed by atoms with Crippen molar-refractivity contribution in [3.05, 3.63) is 60.2 Å². The molecule has 29 heavy (non-hydrogen) atoms. The number of hydrogen-bond donors (Lipinski definition) is 2. The van der Waals surface area contributed by atoms with Crippen LogP contribution >= 0.6 is 0 Å². The third-order valence-electron chi connectivity index (χ3n) is 4.76. The van der Waals surface area contributed by atoms with Crippen LogP contribution in [0.2, 0.25) is 0 Å². The van der Waals surface area contributed by atoms with Gasteiger partial charge in [-0.2, -0.15) is 0 Å². The van der Waals surface area contributed by atoms with Crippen LogP contribution in [0.1, 0.15) is 38.8 Å². The fourth-order valence-corrected chi connectivity index (χ4v) is 4.58. The molecule has 1 atom stereocenters. The van der Waals surface area contributed by atoms with Crippen LogP contribution in [0.15, 0.2) is 64.5 Å². The first-order valence-corrected chi connectivity index (χ1v) is 11.6. The van der Waals surface area contributed by atoms with Gasteiger partial charge in [-0.25, -0.2) is 8.42 Å². The van der Waals surface area contributed by atoms with Gasteiger partial charge in [0.1, 0.15) is 11.4 Å². The SMILES string of the molecule is CCNC(=NCCS(=O)(=O)c1ccccc1)NC1CC(C)(C)Oc2ccccc21. The van der Waals surface area contributed by atoms with Crippen molar-refractivity contribution in [2.45, 2.75) is 43.7 Å². The summed E-state index contributed by atoms with van der Waals surface area (Å²) < 4.78 is 31.1. The molecule has 6 nitrogen and oxygen atoms in total. The number of benzene rings is 2. The highest BCUT2D eigenvalue weighted by Crippen LogP contribution is 2.39. The second-order valence-electron chi connectivity index (χ2n) is 7.69. The minimum atomic E-state index is -3.35. The zero-order chi connectivity index (χ0) is 20.9. The summed E-state index contributed by atoms with van der Waals surface area (Å²) in [5.74, 6) is 1.43. The molecule has 0 amide bonds. The Bertz CT molecular complexity index is 956. The number of aliphatic imine (C=N–C) groups is 1. The van der Waals surface area contributed by atoms with Gasteiger partial charge in [0.15, 0.2) is 15.8 Å². The summed E-state index contributed by atoms with van der Waals surface area (Å²) in [7, 11) is -3.35. The van der Waals surface area contributed by atoms with Gasteiger partial charge in [-0.1, -0.05) is 36.4 Å². The lowest BCUT2D eigenvalue weighted by atomic mass is 9.90. The predicted octanol–water partition coefficient (Wildman–Crippen LogP) is 3.32. The fraction of sp³-hybridized carbons (Fsp3) is 0.409. The Balaban J connectivity index is 1.73. The van der Waals surface area contributed by atoms with Crippen LogP contribution in [-0.2, 0) is 9.84 Å². The Labute approximate surface area is 173 Å². The van der Waals surface area contributed by atoms with Gasteiger partial charge in [0.2, 0.25) is 0 Å². The fourth-order valence-electron chi connectivity index (χ4n) is 3.44. The highest BCUT2D eigenvalue weighted by molar-refractivity contribution is 7.91. The van der Waals surface area contributed by atoms with Crippen LogP contribution in [0.4, 0.5) is 0 Å². The zero-order valence-electron chi connectivity index (χ0n) is 17.2. The lowest BCUT2D eigenvalue weighted by Crippen LogP contribution is -2.45. The Kier molecular flexibility index (Phi) is 6.47. The minimum absolute atomic E-state index is 0.0264. The van der Waals surface area contributed by atoms with Gasteiger partial charge >= 0.3 is 0 Å². The van der Waals surface area contributed by atoms with Crippen LogP contribution in [0.25, 0.3) is 0 Å². The molecule has 156 valence electrons. The van der Waals surface area contributed by atoms with Crippen molar-refractivity contribution in [3.63, 3.8) is 0 Å². The van der Waals surface area contributed by atoms with Gasteiger partial charge < -0.3 is 15.4 Å². The maximum atomic E-state index is 12.5. The molecule has 1 heterocycles. The molecule has 0 aliphatic carbocycles. The number of guanidine groups is 1. The maximum absolute atomic E-state index is 12.5. The van der Waals surface area contributed by atoms with Gasteiger partial charge in [0.25, 0.3) is 0 Å². The summed E-state index contributed by atoms with van der Waals surface area (Å²) in [6.07, 6.45) is 0.775. The van der Waals surface area contributed by atoms with E-state index in [2.05, 4.69) is 29.5 Å². The standard InChI is InChI=1S/C22H29N3O3S/c1-4-23-21(24-14-15-29(26,27)17-10-6-5-7-11-17)25-19-16-22(2,3)28-20-13-9-8-12-18(19)20/h5-13,19H,4,14-16H2,1-3H3,(H2,23,24,25). The maximum Gasteiger partial charge on any atom is 0.191 e. The first-order valence-electron chi connectivity index (χ1n) is 9.91. The molecule has 7 heteroatoms. The number of nitrogens with one attached hydrogen (secondary N) is 2. The summed E-state index contributed by atoms with van der Waals surface area (Å²) >= 11 is 0. The minimum Gasteiger partial charge on any atom is -0.487 e. The first-order chi connectivity index (χ1) is 13.8. The summed E-state index contributed by atoms with van der Waals surface area (Å²) in [6, 6.07) is 16.5. The van der Waals surface area contributed by atoms with E-state index in [1.54, 1.807) is 30.3 Å². The lowest BCUT2D eigenvalue weighted by Gasteiger charge is -2.38. The largest absolute Gasteiger partial charge is 0.487 e. The second kappa shape index (κ2) is 8.86. The Morgan fingerprint density at radius 2 is 1.83 bits per heavy atom. The molecule has 1 aliphatic rings. The Morgan fingerprint density at radius 1 is 1.14 bits per heavy atom. The van der Waals surface area contributed by atoms with E-state index in [9.17, 15) is 8.42 Å². The molecule has 1 unspecified atom stereocenters. The van der Waals surface area contributed by atoms with Gasteiger partial charge in [-0.05, 0) is 39.0 Å². The number of para-hydroxylation sites is 1. The molecule has 0 radical (unpaired) electrons. The van der Waals surface area contributed by atoms with E-state index in [4.69, 9.17) is 4.74 Å². The summed E-state index contributed by atoms with van der Waals surface area (Å²) in [5.41, 5.74) is 0.773. The summed E-state index contributed by atoms with van der Waals surface area (Å²) in [5, 5.41) is 6.68. The number of nitrogens with zero attached hydrogens (tertiary/aromatic N) is 1. The van der Waals surface area contributed by atoms with Gasteiger partial charge in [0.05, 0.1) is 23.2 Å². The van der Waals surface area contributed by atoms with Crippen molar-refractivity contribution in [2.75, 3.05) is 18.8 Å². The molecule has 0 saturated carbocycles. The van der Waals surface area contributed by atoms with Crippen LogP contribution in [0.3, 0.4) is 0 Å². The molecule has 0 saturated heterocycles. The normalized spacial score (nSPS) is 18.4. The first kappa shape index (κ1) is 21.2. The zero-order valence-corrected chi connectivity index (χ0v) is 18.0. The third kappa shape index (κ3) is 5.50. The van der Waals surface area contributed by atoms with Gasteiger partial charge in [0, 0.05) is 18.5 Å². The molecule has 2 N–H and O–H groups in total. The van der Waals surface area contributed by atoms with Gasteiger partial charge in [-0.15, -0.1) is 0 Å². The van der Waals surface area contributed by atoms with E-state index in [0.717, 1.165) is 17.7 Å². The molecule has 2 aromatic rings. The van der Waals surface area contributed by atoms with Crippen molar-refractivity contribution in [3.8, 4) is 5.75 Å². The van der Waals surface area contributed by atoms with E-state index in [1.807, 2.05) is 31.2 Å². The molecular formula is C22H29N3O3S. The van der Waals surface area contributed by atoms with Gasteiger partial charge in [-0.3, -0.25) is 4.99 Å². The number of hydrogen-bond acceptors (Lipinski definition) is 4. The second-order valence-corrected chi connectivity index (χ2v) is 9.80. The highest BCUT2D eigenvalue weighted by Gasteiger charge is 2.34. The summed E-state index contributed by atoms with van der Waals surface area (Å²) in [4.78, 5) is 4.84. The number of sulfone groups is 1. The number of rotatable bonds is 6.